The Morgan fingerprint density at radius 3 is 2.36 bits per heavy atom. The number of allylic oxidation sites excluding steroid dienone is 1. The number of nitrogens with one attached hydrogen (secondary N) is 3. The lowest BCUT2D eigenvalue weighted by Crippen LogP contribution is -2.49. The molecule has 1 fully saturated rings. The van der Waals surface area contributed by atoms with Crippen molar-refractivity contribution in [1.29, 1.82) is 0 Å². The van der Waals surface area contributed by atoms with Crippen LogP contribution >= 0.6 is 0 Å². The molecule has 1 aromatic carbocycles. The van der Waals surface area contributed by atoms with E-state index >= 15 is 0 Å². The Hall–Kier alpha value is -4.43. The van der Waals surface area contributed by atoms with Crippen LogP contribution < -0.4 is 21.7 Å². The SMILES string of the molecule is C=C(/N=C\C(=C/N)C(=O)NC1(C(=O)NCc2ccc(Nc3ccc(F)cc3C(F)(F)F)cn2)CC1)C(F)(F)F. The van der Waals surface area contributed by atoms with Gasteiger partial charge in [0.15, 0.2) is 0 Å². The van der Waals surface area contributed by atoms with Crippen LogP contribution in [-0.4, -0.2) is 34.7 Å². The van der Waals surface area contributed by atoms with Crippen molar-refractivity contribution < 1.29 is 40.3 Å². The first-order chi connectivity index (χ1) is 18.1. The first kappa shape index (κ1) is 29.1. The van der Waals surface area contributed by atoms with Crippen molar-refractivity contribution >= 4 is 29.4 Å². The highest BCUT2D eigenvalue weighted by molar-refractivity contribution is 6.14. The summed E-state index contributed by atoms with van der Waals surface area (Å²) in [5.41, 5.74) is 1.06. The van der Waals surface area contributed by atoms with Crippen molar-refractivity contribution in [2.45, 2.75) is 37.3 Å². The number of halogens is 7. The van der Waals surface area contributed by atoms with Crippen molar-refractivity contribution in [3.05, 3.63) is 77.7 Å². The van der Waals surface area contributed by atoms with Crippen LogP contribution in [0.1, 0.15) is 24.1 Å². The molecule has 0 saturated heterocycles. The third kappa shape index (κ3) is 7.55. The Bertz CT molecular complexity index is 1310. The van der Waals surface area contributed by atoms with Gasteiger partial charge in [-0.05, 0) is 43.2 Å². The molecule has 1 aliphatic carbocycles. The van der Waals surface area contributed by atoms with Gasteiger partial charge in [-0.15, -0.1) is 0 Å². The molecular formula is C24H21F7N6O2. The fourth-order valence-corrected chi connectivity index (χ4v) is 3.18. The van der Waals surface area contributed by atoms with Gasteiger partial charge in [-0.1, -0.05) is 6.58 Å². The molecule has 15 heteroatoms. The monoisotopic (exact) mass is 558 g/mol. The van der Waals surface area contributed by atoms with Crippen LogP contribution in [-0.2, 0) is 22.3 Å². The number of amides is 2. The first-order valence-electron chi connectivity index (χ1n) is 11.1. The number of alkyl halides is 6. The number of hydrogen-bond acceptors (Lipinski definition) is 6. The van der Waals surface area contributed by atoms with Gasteiger partial charge in [0.1, 0.15) is 17.1 Å². The van der Waals surface area contributed by atoms with E-state index in [-0.39, 0.29) is 30.8 Å². The van der Waals surface area contributed by atoms with E-state index in [1.54, 1.807) is 0 Å². The summed E-state index contributed by atoms with van der Waals surface area (Å²) >= 11 is 0. The van der Waals surface area contributed by atoms with Crippen molar-refractivity contribution in [2.75, 3.05) is 5.32 Å². The predicted octanol–water partition coefficient (Wildman–Crippen LogP) is 4.24. The Balaban J connectivity index is 1.58. The molecule has 39 heavy (non-hydrogen) atoms. The average Bonchev–Trinajstić information content (AvgIpc) is 3.64. The zero-order chi connectivity index (χ0) is 29.0. The smallest absolute Gasteiger partial charge is 0.404 e. The first-order valence-corrected chi connectivity index (χ1v) is 11.1. The maximum absolute atomic E-state index is 13.3. The minimum atomic E-state index is -4.79. The normalized spacial score (nSPS) is 15.1. The molecule has 8 nitrogen and oxygen atoms in total. The Labute approximate surface area is 216 Å². The molecule has 0 atom stereocenters. The molecule has 2 amide bonds. The molecular weight excluding hydrogens is 537 g/mol. The van der Waals surface area contributed by atoms with Crippen LogP contribution in [0.25, 0.3) is 0 Å². The quantitative estimate of drug-likeness (QED) is 0.209. The summed E-state index contributed by atoms with van der Waals surface area (Å²) in [6.07, 6.45) is -6.54. The fourth-order valence-electron chi connectivity index (χ4n) is 3.18. The Morgan fingerprint density at radius 1 is 1.13 bits per heavy atom. The predicted molar refractivity (Wildman–Crippen MR) is 127 cm³/mol. The summed E-state index contributed by atoms with van der Waals surface area (Å²) in [4.78, 5) is 32.2. The molecule has 0 radical (unpaired) electrons. The van der Waals surface area contributed by atoms with E-state index in [2.05, 4.69) is 32.5 Å². The van der Waals surface area contributed by atoms with Crippen LogP contribution in [0.3, 0.4) is 0 Å². The van der Waals surface area contributed by atoms with E-state index in [0.717, 1.165) is 18.3 Å². The summed E-state index contributed by atoms with van der Waals surface area (Å²) < 4.78 is 90.4. The van der Waals surface area contributed by atoms with Crippen molar-refractivity contribution in [2.24, 2.45) is 10.7 Å². The minimum Gasteiger partial charge on any atom is -0.404 e. The second-order valence-electron chi connectivity index (χ2n) is 8.39. The second kappa shape index (κ2) is 11.1. The summed E-state index contributed by atoms with van der Waals surface area (Å²) in [5, 5.41) is 7.51. The molecule has 2 aromatic rings. The van der Waals surface area contributed by atoms with Gasteiger partial charge in [-0.2, -0.15) is 26.3 Å². The van der Waals surface area contributed by atoms with Crippen molar-refractivity contribution in [3.63, 3.8) is 0 Å². The van der Waals surface area contributed by atoms with E-state index in [1.165, 1.54) is 18.3 Å². The van der Waals surface area contributed by atoms with E-state index in [0.29, 0.717) is 18.0 Å². The summed E-state index contributed by atoms with van der Waals surface area (Å²) in [7, 11) is 0. The van der Waals surface area contributed by atoms with Crippen LogP contribution in [0.2, 0.25) is 0 Å². The van der Waals surface area contributed by atoms with Crippen LogP contribution in [0.5, 0.6) is 0 Å². The van der Waals surface area contributed by atoms with E-state index in [4.69, 9.17) is 5.73 Å². The van der Waals surface area contributed by atoms with Crippen molar-refractivity contribution in [3.8, 4) is 0 Å². The average molecular weight is 558 g/mol. The van der Waals surface area contributed by atoms with Gasteiger partial charge in [0.25, 0.3) is 5.91 Å². The number of carbonyl (C=O) groups is 2. The molecule has 1 saturated carbocycles. The Morgan fingerprint density at radius 2 is 1.82 bits per heavy atom. The number of carbonyl (C=O) groups excluding carboxylic acids is 2. The number of anilines is 2. The third-order valence-corrected chi connectivity index (χ3v) is 5.49. The number of aromatic nitrogens is 1. The molecule has 1 heterocycles. The van der Waals surface area contributed by atoms with Crippen LogP contribution in [0.4, 0.5) is 42.1 Å². The molecule has 208 valence electrons. The van der Waals surface area contributed by atoms with Gasteiger partial charge in [0.05, 0.1) is 40.9 Å². The third-order valence-electron chi connectivity index (χ3n) is 5.49. The highest BCUT2D eigenvalue weighted by atomic mass is 19.4. The summed E-state index contributed by atoms with van der Waals surface area (Å²) in [6.45, 7) is 2.64. The standard InChI is InChI=1S/C24H21F7N6O2/c1-13(23(26,27)28)33-10-14(9-32)20(38)37-22(6-7-22)21(39)35-11-16-3-4-17(12-34-16)36-19-5-2-15(25)8-18(19)24(29,30)31/h2-5,8-10,12,36H,1,6-7,11,32H2,(H,35,39)(H,37,38)/b14-9+,33-10-. The second-order valence-corrected chi connectivity index (χ2v) is 8.39. The number of rotatable bonds is 9. The number of benzene rings is 1. The lowest BCUT2D eigenvalue weighted by atomic mass is 10.1. The zero-order valence-corrected chi connectivity index (χ0v) is 19.9. The number of hydrogen-bond donors (Lipinski definition) is 4. The Kier molecular flexibility index (Phi) is 8.31. The maximum atomic E-state index is 13.3. The number of aliphatic imine (C=N–C) groups is 1. The summed E-state index contributed by atoms with van der Waals surface area (Å²) in [6, 6.07) is 5.01. The highest BCUT2D eigenvalue weighted by Gasteiger charge is 2.51. The largest absolute Gasteiger partial charge is 0.432 e. The van der Waals surface area contributed by atoms with Gasteiger partial charge in [-0.25, -0.2) is 4.39 Å². The highest BCUT2D eigenvalue weighted by Crippen LogP contribution is 2.37. The van der Waals surface area contributed by atoms with Gasteiger partial charge in [-0.3, -0.25) is 19.6 Å². The fraction of sp³-hybridized carbons (Fsp3) is 0.250. The minimum absolute atomic E-state index is 0.104. The van der Waals surface area contributed by atoms with E-state index in [9.17, 15) is 40.3 Å². The lowest BCUT2D eigenvalue weighted by Gasteiger charge is -2.17. The van der Waals surface area contributed by atoms with Gasteiger partial charge < -0.3 is 21.7 Å². The van der Waals surface area contributed by atoms with Gasteiger partial charge >= 0.3 is 12.4 Å². The van der Waals surface area contributed by atoms with Crippen molar-refractivity contribution in [1.82, 2.24) is 15.6 Å². The number of nitrogens with zero attached hydrogens (tertiary/aromatic N) is 2. The maximum Gasteiger partial charge on any atom is 0.432 e. The zero-order valence-electron chi connectivity index (χ0n) is 19.9. The lowest BCUT2D eigenvalue weighted by molar-refractivity contribution is -0.137. The molecule has 3 rings (SSSR count). The molecule has 0 aliphatic heterocycles. The molecule has 1 aliphatic rings. The summed E-state index contributed by atoms with van der Waals surface area (Å²) in [5.74, 6) is -2.55. The molecule has 5 N–H and O–H groups in total. The van der Waals surface area contributed by atoms with Crippen LogP contribution in [0.15, 0.2) is 65.6 Å². The molecule has 0 spiro atoms. The van der Waals surface area contributed by atoms with E-state index in [1.807, 2.05) is 0 Å². The molecule has 0 unspecified atom stereocenters. The van der Waals surface area contributed by atoms with Crippen LogP contribution in [0, 0.1) is 5.82 Å². The molecule has 0 bridgehead atoms. The topological polar surface area (TPSA) is 121 Å². The number of pyridine rings is 1. The van der Waals surface area contributed by atoms with Gasteiger partial charge in [0, 0.05) is 12.4 Å². The molecule has 1 aromatic heterocycles. The number of nitrogens with two attached hydrogens (primary N) is 1. The van der Waals surface area contributed by atoms with Gasteiger partial charge in [0.2, 0.25) is 5.91 Å². The van der Waals surface area contributed by atoms with E-state index < -0.39 is 52.4 Å².